The number of rotatable bonds is 3. The van der Waals surface area contributed by atoms with Gasteiger partial charge in [0, 0.05) is 0 Å². The van der Waals surface area contributed by atoms with Crippen LogP contribution in [-0.2, 0) is 10.3 Å². The summed E-state index contributed by atoms with van der Waals surface area (Å²) in [4.78, 5) is 22.2. The molecule has 0 aliphatic heterocycles. The molecular weight excluding hydrogens is 208 g/mol. The molecule has 0 aliphatic rings. The molecule has 0 radical (unpaired) electrons. The fourth-order valence-electron chi connectivity index (χ4n) is 1.44. The summed E-state index contributed by atoms with van der Waals surface area (Å²) in [5.41, 5.74) is 0.730. The number of aryl methyl sites for hydroxylation is 1. The second kappa shape index (κ2) is 4.08. The van der Waals surface area contributed by atoms with E-state index in [1.54, 1.807) is 17.7 Å². The molecule has 0 spiro atoms. The normalized spacial score (nSPS) is 11.5. The zero-order valence-electron chi connectivity index (χ0n) is 9.94. The Kier molecular flexibility index (Phi) is 3.16. The Balaban J connectivity index is 3.13. The lowest BCUT2D eigenvalue weighted by molar-refractivity contribution is -0.135. The van der Waals surface area contributed by atoms with Gasteiger partial charge in [-0.25, -0.2) is 0 Å². The summed E-state index contributed by atoms with van der Waals surface area (Å²) in [6.07, 6.45) is -0.499. The van der Waals surface area contributed by atoms with Crippen molar-refractivity contribution in [3.05, 3.63) is 17.5 Å². The Morgan fingerprint density at radius 2 is 2.00 bits per heavy atom. The van der Waals surface area contributed by atoms with Crippen molar-refractivity contribution >= 4 is 11.8 Å². The summed E-state index contributed by atoms with van der Waals surface area (Å²) in [7, 11) is 0. The molecule has 0 aromatic carbocycles. The number of Topliss-reactive ketones (excluding diaryl/α,β-unsaturated/α-hetero) is 1. The molecule has 0 saturated heterocycles. The van der Waals surface area contributed by atoms with Crippen LogP contribution in [0.2, 0.25) is 0 Å². The highest BCUT2D eigenvalue weighted by atomic mass is 16.4. The van der Waals surface area contributed by atoms with Crippen LogP contribution in [0.1, 0.15) is 43.4 Å². The highest BCUT2D eigenvalue weighted by Crippen LogP contribution is 2.18. The SMILES string of the molecule is Cc1cc(C(=O)CC(=O)O)n(C(C)(C)C)n1. The van der Waals surface area contributed by atoms with Gasteiger partial charge in [0.2, 0.25) is 0 Å². The van der Waals surface area contributed by atoms with Crippen LogP contribution in [0.15, 0.2) is 6.07 Å². The molecule has 16 heavy (non-hydrogen) atoms. The van der Waals surface area contributed by atoms with Gasteiger partial charge in [-0.05, 0) is 33.8 Å². The molecule has 88 valence electrons. The highest BCUT2D eigenvalue weighted by molar-refractivity contribution is 6.04. The second-order valence-corrected chi connectivity index (χ2v) is 4.75. The average molecular weight is 224 g/mol. The van der Waals surface area contributed by atoms with E-state index in [1.807, 2.05) is 20.8 Å². The van der Waals surface area contributed by atoms with E-state index in [9.17, 15) is 9.59 Å². The zero-order chi connectivity index (χ0) is 12.5. The first-order valence-electron chi connectivity index (χ1n) is 5.04. The van der Waals surface area contributed by atoms with Crippen LogP contribution in [0.5, 0.6) is 0 Å². The van der Waals surface area contributed by atoms with E-state index in [-0.39, 0.29) is 5.54 Å². The van der Waals surface area contributed by atoms with Crippen LogP contribution in [0.25, 0.3) is 0 Å². The summed E-state index contributed by atoms with van der Waals surface area (Å²) in [6.45, 7) is 7.52. The van der Waals surface area contributed by atoms with E-state index in [1.165, 1.54) is 0 Å². The van der Waals surface area contributed by atoms with Crippen LogP contribution >= 0.6 is 0 Å². The molecule has 1 aromatic rings. The summed E-state index contributed by atoms with van der Waals surface area (Å²) in [5, 5.41) is 12.8. The van der Waals surface area contributed by atoms with Crippen LogP contribution in [0.4, 0.5) is 0 Å². The Morgan fingerprint density at radius 3 is 2.44 bits per heavy atom. The van der Waals surface area contributed by atoms with E-state index in [0.29, 0.717) is 11.4 Å². The number of aromatic nitrogens is 2. The van der Waals surface area contributed by atoms with Gasteiger partial charge < -0.3 is 5.11 Å². The van der Waals surface area contributed by atoms with E-state index < -0.39 is 18.2 Å². The monoisotopic (exact) mass is 224 g/mol. The third-order valence-corrected chi connectivity index (χ3v) is 2.06. The predicted molar refractivity (Wildman–Crippen MR) is 58.5 cm³/mol. The van der Waals surface area contributed by atoms with Gasteiger partial charge in [0.15, 0.2) is 5.78 Å². The van der Waals surface area contributed by atoms with Crippen molar-refractivity contribution in [3.63, 3.8) is 0 Å². The average Bonchev–Trinajstić information content (AvgIpc) is 2.45. The first-order valence-corrected chi connectivity index (χ1v) is 5.04. The predicted octanol–water partition coefficient (Wildman–Crippen LogP) is 1.60. The first kappa shape index (κ1) is 12.4. The maximum atomic E-state index is 11.7. The number of ketones is 1. The Labute approximate surface area is 94.1 Å². The van der Waals surface area contributed by atoms with E-state index >= 15 is 0 Å². The van der Waals surface area contributed by atoms with E-state index in [4.69, 9.17) is 5.11 Å². The van der Waals surface area contributed by atoms with Gasteiger partial charge in [0.25, 0.3) is 0 Å². The number of carboxylic acid groups (broad SMARTS) is 1. The molecule has 1 N–H and O–H groups in total. The Morgan fingerprint density at radius 1 is 1.44 bits per heavy atom. The van der Waals surface area contributed by atoms with Crippen LogP contribution in [0.3, 0.4) is 0 Å². The lowest BCUT2D eigenvalue weighted by Gasteiger charge is -2.21. The smallest absolute Gasteiger partial charge is 0.311 e. The summed E-state index contributed by atoms with van der Waals surface area (Å²) >= 11 is 0. The number of aliphatic carboxylic acids is 1. The minimum atomic E-state index is -1.12. The molecule has 1 heterocycles. The van der Waals surface area contributed by atoms with Gasteiger partial charge in [-0.1, -0.05) is 0 Å². The summed E-state index contributed by atoms with van der Waals surface area (Å²) < 4.78 is 1.58. The molecule has 0 amide bonds. The van der Waals surface area contributed by atoms with Crippen LogP contribution in [-0.4, -0.2) is 26.6 Å². The number of carbonyl (C=O) groups is 2. The lowest BCUT2D eigenvalue weighted by atomic mass is 10.1. The number of nitrogens with zero attached hydrogens (tertiary/aromatic N) is 2. The van der Waals surface area contributed by atoms with Gasteiger partial charge in [-0.2, -0.15) is 5.10 Å². The maximum absolute atomic E-state index is 11.7. The van der Waals surface area contributed by atoms with Crippen molar-refractivity contribution in [3.8, 4) is 0 Å². The van der Waals surface area contributed by atoms with Crippen molar-refractivity contribution in [2.45, 2.75) is 39.7 Å². The van der Waals surface area contributed by atoms with Gasteiger partial charge in [0.1, 0.15) is 12.1 Å². The minimum absolute atomic E-state index is 0.336. The number of carboxylic acids is 1. The third-order valence-electron chi connectivity index (χ3n) is 2.06. The van der Waals surface area contributed by atoms with Crippen molar-refractivity contribution in [2.24, 2.45) is 0 Å². The van der Waals surface area contributed by atoms with Crippen molar-refractivity contribution in [1.82, 2.24) is 9.78 Å². The van der Waals surface area contributed by atoms with Crippen molar-refractivity contribution in [1.29, 1.82) is 0 Å². The quantitative estimate of drug-likeness (QED) is 0.625. The van der Waals surface area contributed by atoms with Gasteiger partial charge in [0.05, 0.1) is 11.2 Å². The Bertz CT molecular complexity index is 427. The van der Waals surface area contributed by atoms with Gasteiger partial charge in [-0.15, -0.1) is 0 Å². The van der Waals surface area contributed by atoms with Crippen molar-refractivity contribution < 1.29 is 14.7 Å². The molecular formula is C11H16N2O3. The maximum Gasteiger partial charge on any atom is 0.311 e. The molecule has 0 fully saturated rings. The number of carbonyl (C=O) groups excluding carboxylic acids is 1. The molecule has 0 aliphatic carbocycles. The molecule has 5 nitrogen and oxygen atoms in total. The fraction of sp³-hybridized carbons (Fsp3) is 0.545. The largest absolute Gasteiger partial charge is 0.481 e. The zero-order valence-corrected chi connectivity index (χ0v) is 9.94. The fourth-order valence-corrected chi connectivity index (χ4v) is 1.44. The lowest BCUT2D eigenvalue weighted by Crippen LogP contribution is -2.27. The summed E-state index contributed by atoms with van der Waals surface area (Å²) in [5.74, 6) is -1.53. The molecule has 0 bridgehead atoms. The number of hydrogen-bond acceptors (Lipinski definition) is 3. The summed E-state index contributed by atoms with van der Waals surface area (Å²) in [6, 6.07) is 1.62. The molecule has 0 unspecified atom stereocenters. The number of hydrogen-bond donors (Lipinski definition) is 1. The Hall–Kier alpha value is -1.65. The second-order valence-electron chi connectivity index (χ2n) is 4.75. The minimum Gasteiger partial charge on any atom is -0.481 e. The first-order chi connectivity index (χ1) is 7.21. The highest BCUT2D eigenvalue weighted by Gasteiger charge is 2.23. The van der Waals surface area contributed by atoms with Crippen molar-refractivity contribution in [2.75, 3.05) is 0 Å². The molecule has 5 heteroatoms. The van der Waals surface area contributed by atoms with Gasteiger partial charge >= 0.3 is 5.97 Å². The van der Waals surface area contributed by atoms with E-state index in [0.717, 1.165) is 0 Å². The van der Waals surface area contributed by atoms with Crippen LogP contribution < -0.4 is 0 Å². The molecule has 1 rings (SSSR count). The third kappa shape index (κ3) is 2.68. The van der Waals surface area contributed by atoms with Crippen LogP contribution in [0, 0.1) is 6.92 Å². The van der Waals surface area contributed by atoms with E-state index in [2.05, 4.69) is 5.10 Å². The molecule has 1 aromatic heterocycles. The standard InChI is InChI=1S/C11H16N2O3/c1-7-5-8(9(14)6-10(15)16)13(12-7)11(2,3)4/h5H,6H2,1-4H3,(H,15,16). The molecule has 0 atom stereocenters. The van der Waals surface area contributed by atoms with Gasteiger partial charge in [-0.3, -0.25) is 14.3 Å². The topological polar surface area (TPSA) is 72.2 Å². The molecule has 0 saturated carbocycles.